The van der Waals surface area contributed by atoms with Gasteiger partial charge in [0, 0.05) is 23.5 Å². The Morgan fingerprint density at radius 3 is 2.58 bits per heavy atom. The van der Waals surface area contributed by atoms with Crippen molar-refractivity contribution in [3.8, 4) is 28.1 Å². The highest BCUT2D eigenvalue weighted by Crippen LogP contribution is 2.34. The molecule has 31 heavy (non-hydrogen) atoms. The second kappa shape index (κ2) is 8.51. The van der Waals surface area contributed by atoms with Crippen molar-refractivity contribution >= 4 is 23.0 Å². The Balaban J connectivity index is 1.71. The fourth-order valence-corrected chi connectivity index (χ4v) is 3.74. The number of carbonyl (C=O) groups is 1. The smallest absolute Gasteiger partial charge is 0.179 e. The van der Waals surface area contributed by atoms with E-state index in [4.69, 9.17) is 27.1 Å². The molecule has 1 atom stereocenters. The first-order chi connectivity index (χ1) is 14.9. The van der Waals surface area contributed by atoms with E-state index in [2.05, 4.69) is 0 Å². The molecule has 2 aromatic heterocycles. The van der Waals surface area contributed by atoms with E-state index < -0.39 is 6.04 Å². The quantitative estimate of drug-likeness (QED) is 0.439. The van der Waals surface area contributed by atoms with E-state index in [1.54, 1.807) is 31.2 Å². The van der Waals surface area contributed by atoms with Crippen LogP contribution in [0.5, 0.6) is 5.75 Å². The number of nitrogens with two attached hydrogens (primary N) is 1. The zero-order valence-corrected chi connectivity index (χ0v) is 17.9. The van der Waals surface area contributed by atoms with Crippen LogP contribution in [0.1, 0.15) is 22.8 Å². The van der Waals surface area contributed by atoms with Gasteiger partial charge in [0.15, 0.2) is 5.78 Å². The molecule has 0 spiro atoms. The molecule has 0 saturated heterocycles. The minimum absolute atomic E-state index is 0.0854. The zero-order chi connectivity index (χ0) is 22.1. The van der Waals surface area contributed by atoms with Gasteiger partial charge in [0.25, 0.3) is 0 Å². The summed E-state index contributed by atoms with van der Waals surface area (Å²) < 4.78 is 7.15. The molecule has 0 fully saturated rings. The summed E-state index contributed by atoms with van der Waals surface area (Å²) in [6, 6.07) is 14.3. The molecule has 0 radical (unpaired) electrons. The summed E-state index contributed by atoms with van der Waals surface area (Å²) in [5.74, 6) is 0.421. The highest BCUT2D eigenvalue weighted by atomic mass is 35.5. The number of aliphatic hydroxyl groups is 1. The number of pyridine rings is 1. The number of fused-ring (bicyclic) bond motifs is 1. The van der Waals surface area contributed by atoms with Crippen LogP contribution in [0.25, 0.3) is 28.0 Å². The molecular weight excluding hydrogens is 414 g/mol. The predicted octanol–water partition coefficient (Wildman–Crippen LogP) is 4.35. The number of imidazole rings is 1. The molecule has 3 N–H and O–H groups in total. The maximum Gasteiger partial charge on any atom is 0.179 e. The molecule has 0 aliphatic heterocycles. The van der Waals surface area contributed by atoms with Crippen molar-refractivity contribution in [3.05, 3.63) is 77.1 Å². The summed E-state index contributed by atoms with van der Waals surface area (Å²) in [5, 5.41) is 10.2. The second-order valence-corrected chi connectivity index (χ2v) is 7.75. The Labute approximate surface area is 184 Å². The van der Waals surface area contributed by atoms with Crippen molar-refractivity contribution in [2.75, 3.05) is 7.11 Å². The Morgan fingerprint density at radius 2 is 1.94 bits per heavy atom. The standard InChI is InChI=1S/C24H22ClN3O3/c1-14(26)24(30)16-5-3-15(4-6-16)17-7-8-28-12-21(27-23(28)10-17)19-11-20(25)22(31-2)9-18(19)13-29/h3-12,14,29H,13,26H2,1-2H3/t14-/m0/s1. The highest BCUT2D eigenvalue weighted by Gasteiger charge is 2.14. The van der Waals surface area contributed by atoms with Gasteiger partial charge in [-0.1, -0.05) is 35.9 Å². The number of nitrogens with zero attached hydrogens (tertiary/aromatic N) is 2. The van der Waals surface area contributed by atoms with Crippen molar-refractivity contribution in [1.82, 2.24) is 9.38 Å². The average molecular weight is 436 g/mol. The third-order valence-corrected chi connectivity index (χ3v) is 5.50. The van der Waals surface area contributed by atoms with Crippen LogP contribution in [-0.2, 0) is 6.61 Å². The summed E-state index contributed by atoms with van der Waals surface area (Å²) in [7, 11) is 1.54. The summed E-state index contributed by atoms with van der Waals surface area (Å²) in [6.45, 7) is 1.52. The predicted molar refractivity (Wildman–Crippen MR) is 122 cm³/mol. The number of ketones is 1. The molecular formula is C24H22ClN3O3. The Bertz CT molecular complexity index is 1260. The van der Waals surface area contributed by atoms with Crippen molar-refractivity contribution in [1.29, 1.82) is 0 Å². The Hall–Kier alpha value is -3.19. The molecule has 2 heterocycles. The summed E-state index contributed by atoms with van der Waals surface area (Å²) in [4.78, 5) is 16.8. The van der Waals surface area contributed by atoms with Gasteiger partial charge in [-0.05, 0) is 47.9 Å². The number of methoxy groups -OCH3 is 1. The van der Waals surface area contributed by atoms with Crippen molar-refractivity contribution in [2.45, 2.75) is 19.6 Å². The number of hydrogen-bond donors (Lipinski definition) is 2. The third-order valence-electron chi connectivity index (χ3n) is 5.20. The van der Waals surface area contributed by atoms with Crippen LogP contribution in [0.2, 0.25) is 5.02 Å². The van der Waals surface area contributed by atoms with Gasteiger partial charge in [0.2, 0.25) is 0 Å². The number of ether oxygens (including phenoxy) is 1. The van der Waals surface area contributed by atoms with Gasteiger partial charge in [0.1, 0.15) is 11.4 Å². The molecule has 0 unspecified atom stereocenters. The Kier molecular flexibility index (Phi) is 5.78. The van der Waals surface area contributed by atoms with Crippen molar-refractivity contribution in [3.63, 3.8) is 0 Å². The molecule has 0 amide bonds. The van der Waals surface area contributed by atoms with Gasteiger partial charge in [-0.3, -0.25) is 4.79 Å². The number of aliphatic hydroxyl groups excluding tert-OH is 1. The van der Waals surface area contributed by atoms with E-state index in [-0.39, 0.29) is 12.4 Å². The molecule has 0 aliphatic rings. The van der Waals surface area contributed by atoms with Crippen molar-refractivity contribution < 1.29 is 14.6 Å². The monoisotopic (exact) mass is 435 g/mol. The number of halogens is 1. The number of rotatable bonds is 6. The first-order valence-electron chi connectivity index (χ1n) is 9.78. The lowest BCUT2D eigenvalue weighted by atomic mass is 10.0. The van der Waals surface area contributed by atoms with E-state index in [1.807, 2.05) is 41.1 Å². The molecule has 0 bridgehead atoms. The molecule has 0 aliphatic carbocycles. The normalized spacial score (nSPS) is 12.2. The lowest BCUT2D eigenvalue weighted by Gasteiger charge is -2.09. The highest BCUT2D eigenvalue weighted by molar-refractivity contribution is 6.32. The van der Waals surface area contributed by atoms with E-state index in [1.165, 1.54) is 7.11 Å². The fourth-order valence-electron chi connectivity index (χ4n) is 3.50. The zero-order valence-electron chi connectivity index (χ0n) is 17.2. The largest absolute Gasteiger partial charge is 0.495 e. The molecule has 0 saturated carbocycles. The number of aromatic nitrogens is 2. The number of benzene rings is 2. The minimum atomic E-state index is -0.527. The summed E-state index contributed by atoms with van der Waals surface area (Å²) in [6.07, 6.45) is 3.81. The van der Waals surface area contributed by atoms with Crippen LogP contribution < -0.4 is 10.5 Å². The first-order valence-corrected chi connectivity index (χ1v) is 10.2. The maximum atomic E-state index is 12.0. The molecule has 4 aromatic rings. The van der Waals surface area contributed by atoms with Gasteiger partial charge >= 0.3 is 0 Å². The summed E-state index contributed by atoms with van der Waals surface area (Å²) in [5.41, 5.74) is 11.1. The lowest BCUT2D eigenvalue weighted by molar-refractivity contribution is 0.0968. The number of Topliss-reactive ketones (excluding diaryl/α,β-unsaturated/α-hetero) is 1. The minimum Gasteiger partial charge on any atom is -0.495 e. The van der Waals surface area contributed by atoms with Crippen LogP contribution >= 0.6 is 11.6 Å². The molecule has 4 rings (SSSR count). The van der Waals surface area contributed by atoms with Crippen LogP contribution in [0.4, 0.5) is 0 Å². The lowest BCUT2D eigenvalue weighted by Crippen LogP contribution is -2.26. The summed E-state index contributed by atoms with van der Waals surface area (Å²) >= 11 is 6.29. The fraction of sp³-hybridized carbons (Fsp3) is 0.167. The van der Waals surface area contributed by atoms with E-state index in [0.29, 0.717) is 27.6 Å². The van der Waals surface area contributed by atoms with Crippen LogP contribution in [0.3, 0.4) is 0 Å². The molecule has 2 aromatic carbocycles. The average Bonchev–Trinajstić information content (AvgIpc) is 3.21. The van der Waals surface area contributed by atoms with E-state index in [9.17, 15) is 9.90 Å². The van der Waals surface area contributed by atoms with Gasteiger partial charge in [-0.25, -0.2) is 4.98 Å². The Morgan fingerprint density at radius 1 is 1.19 bits per heavy atom. The number of hydrogen-bond acceptors (Lipinski definition) is 5. The van der Waals surface area contributed by atoms with Crippen LogP contribution in [-0.4, -0.2) is 33.4 Å². The maximum absolute atomic E-state index is 12.0. The molecule has 6 nitrogen and oxygen atoms in total. The van der Waals surface area contributed by atoms with Gasteiger partial charge in [-0.2, -0.15) is 0 Å². The van der Waals surface area contributed by atoms with Gasteiger partial charge < -0.3 is 20.0 Å². The van der Waals surface area contributed by atoms with Crippen LogP contribution in [0.15, 0.2) is 60.9 Å². The first kappa shape index (κ1) is 21.1. The van der Waals surface area contributed by atoms with E-state index in [0.717, 1.165) is 22.3 Å². The molecule has 158 valence electrons. The molecule has 7 heteroatoms. The number of carbonyl (C=O) groups excluding carboxylic acids is 1. The van der Waals surface area contributed by atoms with Crippen LogP contribution in [0, 0.1) is 0 Å². The van der Waals surface area contributed by atoms with Gasteiger partial charge in [-0.15, -0.1) is 0 Å². The topological polar surface area (TPSA) is 89.9 Å². The van der Waals surface area contributed by atoms with E-state index >= 15 is 0 Å². The van der Waals surface area contributed by atoms with Gasteiger partial charge in [0.05, 0.1) is 30.5 Å². The van der Waals surface area contributed by atoms with Crippen molar-refractivity contribution in [2.24, 2.45) is 5.73 Å². The second-order valence-electron chi connectivity index (χ2n) is 7.34. The SMILES string of the molecule is COc1cc(CO)c(-c2cn3ccc(-c4ccc(C(=O)[C@H](C)N)cc4)cc3n2)cc1Cl. The third kappa shape index (κ3) is 4.05.